The highest BCUT2D eigenvalue weighted by molar-refractivity contribution is 6.52. The molecule has 4 nitrogen and oxygen atoms in total. The van der Waals surface area contributed by atoms with Gasteiger partial charge in [-0.25, -0.2) is 4.39 Å². The zero-order valence-electron chi connectivity index (χ0n) is 11.4. The van der Waals surface area contributed by atoms with Gasteiger partial charge < -0.3 is 4.90 Å². The Labute approximate surface area is 116 Å². The van der Waals surface area contributed by atoms with Crippen LogP contribution in [0, 0.1) is 22.6 Å². The van der Waals surface area contributed by atoms with Gasteiger partial charge in [-0.05, 0) is 38.8 Å². The normalized spacial score (nSPS) is 14.4. The highest BCUT2D eigenvalue weighted by atomic mass is 19.1. The number of para-hydroxylation sites is 1. The Hall–Kier alpha value is -2.22. The minimum Gasteiger partial charge on any atom is -0.302 e. The monoisotopic (exact) mass is 274 g/mol. The third-order valence-electron chi connectivity index (χ3n) is 3.43. The number of halogens is 1. The van der Waals surface area contributed by atoms with Crippen LogP contribution in [0.3, 0.4) is 0 Å². The molecule has 1 aromatic rings. The summed E-state index contributed by atoms with van der Waals surface area (Å²) in [7, 11) is 0. The van der Waals surface area contributed by atoms with E-state index in [-0.39, 0.29) is 17.8 Å². The minimum atomic E-state index is -0.695. The maximum absolute atomic E-state index is 13.8. The fourth-order valence-corrected chi connectivity index (χ4v) is 2.26. The van der Waals surface area contributed by atoms with Crippen LogP contribution < -0.4 is 4.90 Å². The summed E-state index contributed by atoms with van der Waals surface area (Å²) in [5.41, 5.74) is -0.308. The first-order valence-electron chi connectivity index (χ1n) is 6.43. The molecule has 0 fully saturated rings. The van der Waals surface area contributed by atoms with E-state index < -0.39 is 22.9 Å². The van der Waals surface area contributed by atoms with E-state index in [1.165, 1.54) is 23.1 Å². The summed E-state index contributed by atoms with van der Waals surface area (Å²) in [5, 5.41) is 8.94. The molecule has 0 N–H and O–H groups in total. The highest BCUT2D eigenvalue weighted by Gasteiger charge is 2.37. The Morgan fingerprint density at radius 1 is 1.35 bits per heavy atom. The van der Waals surface area contributed by atoms with Crippen molar-refractivity contribution in [2.75, 3.05) is 11.4 Å². The molecule has 0 spiro atoms. The molecule has 0 saturated heterocycles. The van der Waals surface area contributed by atoms with Gasteiger partial charge in [0.15, 0.2) is 0 Å². The summed E-state index contributed by atoms with van der Waals surface area (Å²) >= 11 is 0. The lowest BCUT2D eigenvalue weighted by Gasteiger charge is -2.20. The molecule has 1 aliphatic heterocycles. The van der Waals surface area contributed by atoms with Crippen molar-refractivity contribution in [3.05, 3.63) is 29.6 Å². The number of benzene rings is 1. The number of hydrogen-bond donors (Lipinski definition) is 0. The first kappa shape index (κ1) is 14.2. The quantitative estimate of drug-likeness (QED) is 0.793. The minimum absolute atomic E-state index is 0.0669. The zero-order valence-corrected chi connectivity index (χ0v) is 11.4. The van der Waals surface area contributed by atoms with Crippen molar-refractivity contribution in [1.82, 2.24) is 0 Å². The van der Waals surface area contributed by atoms with Gasteiger partial charge in [0.1, 0.15) is 5.82 Å². The van der Waals surface area contributed by atoms with Crippen molar-refractivity contribution in [3.8, 4) is 6.07 Å². The van der Waals surface area contributed by atoms with Gasteiger partial charge in [0.2, 0.25) is 0 Å². The van der Waals surface area contributed by atoms with Crippen molar-refractivity contribution in [1.29, 1.82) is 5.26 Å². The molecule has 104 valence electrons. The predicted molar refractivity (Wildman–Crippen MR) is 71.7 cm³/mol. The van der Waals surface area contributed by atoms with Crippen molar-refractivity contribution < 1.29 is 14.0 Å². The standard InChI is InChI=1S/C15H15FN2O2/c1-15(2,9-17)7-4-8-18-12-10(13(19)14(18)20)5-3-6-11(12)16/h3,5-6H,4,7-8H2,1-2H3. The van der Waals surface area contributed by atoms with E-state index in [1.807, 2.05) is 0 Å². The van der Waals surface area contributed by atoms with Gasteiger partial charge in [-0.3, -0.25) is 9.59 Å². The van der Waals surface area contributed by atoms with E-state index >= 15 is 0 Å². The Bertz CT molecular complexity index is 617. The van der Waals surface area contributed by atoms with Crippen molar-refractivity contribution >= 4 is 17.4 Å². The second kappa shape index (κ2) is 5.04. The lowest BCUT2D eigenvalue weighted by Crippen LogP contribution is -2.31. The highest BCUT2D eigenvalue weighted by Crippen LogP contribution is 2.32. The van der Waals surface area contributed by atoms with E-state index in [0.29, 0.717) is 12.8 Å². The number of nitriles is 1. The van der Waals surface area contributed by atoms with Crippen LogP contribution >= 0.6 is 0 Å². The summed E-state index contributed by atoms with van der Waals surface area (Å²) in [6, 6.07) is 6.28. The number of nitrogens with zero attached hydrogens (tertiary/aromatic N) is 2. The zero-order chi connectivity index (χ0) is 14.9. The van der Waals surface area contributed by atoms with Gasteiger partial charge in [0.25, 0.3) is 11.7 Å². The molecule has 1 heterocycles. The second-order valence-corrected chi connectivity index (χ2v) is 5.52. The van der Waals surface area contributed by atoms with Crippen LogP contribution in [0.1, 0.15) is 37.0 Å². The molecule has 0 radical (unpaired) electrons. The molecule has 0 atom stereocenters. The van der Waals surface area contributed by atoms with E-state index in [4.69, 9.17) is 5.26 Å². The van der Waals surface area contributed by atoms with E-state index in [9.17, 15) is 14.0 Å². The number of Topliss-reactive ketones (excluding diaryl/α,β-unsaturated/α-hetero) is 1. The maximum atomic E-state index is 13.8. The van der Waals surface area contributed by atoms with Crippen LogP contribution in [0.2, 0.25) is 0 Å². The van der Waals surface area contributed by atoms with Crippen LogP contribution in [0.25, 0.3) is 0 Å². The average molecular weight is 274 g/mol. The fraction of sp³-hybridized carbons (Fsp3) is 0.400. The molecule has 5 heteroatoms. The Morgan fingerprint density at radius 3 is 2.70 bits per heavy atom. The second-order valence-electron chi connectivity index (χ2n) is 5.52. The van der Waals surface area contributed by atoms with Gasteiger partial charge in [0.05, 0.1) is 22.7 Å². The molecule has 1 aromatic carbocycles. The largest absolute Gasteiger partial charge is 0.302 e. The molecular weight excluding hydrogens is 259 g/mol. The van der Waals surface area contributed by atoms with E-state index in [1.54, 1.807) is 13.8 Å². The Morgan fingerprint density at radius 2 is 2.05 bits per heavy atom. The molecule has 0 bridgehead atoms. The number of ketones is 1. The molecule has 20 heavy (non-hydrogen) atoms. The van der Waals surface area contributed by atoms with Crippen molar-refractivity contribution in [2.24, 2.45) is 5.41 Å². The SMILES string of the molecule is CC(C)(C#N)CCCN1C(=O)C(=O)c2cccc(F)c21. The number of hydrogen-bond acceptors (Lipinski definition) is 3. The number of fused-ring (bicyclic) bond motifs is 1. The number of amides is 1. The van der Waals surface area contributed by atoms with Gasteiger partial charge in [-0.1, -0.05) is 6.07 Å². The Kier molecular flexibility index (Phi) is 3.58. The molecule has 0 aliphatic carbocycles. The molecule has 0 saturated carbocycles. The summed E-state index contributed by atoms with van der Waals surface area (Å²) in [5.74, 6) is -1.93. The number of carbonyl (C=O) groups excluding carboxylic acids is 2. The van der Waals surface area contributed by atoms with Crippen LogP contribution in [-0.2, 0) is 4.79 Å². The topological polar surface area (TPSA) is 61.2 Å². The van der Waals surface area contributed by atoms with Crippen LogP contribution in [0.5, 0.6) is 0 Å². The molecule has 1 amide bonds. The van der Waals surface area contributed by atoms with E-state index in [2.05, 4.69) is 6.07 Å². The predicted octanol–water partition coefficient (Wildman–Crippen LogP) is 2.68. The first-order chi connectivity index (χ1) is 9.37. The summed E-state index contributed by atoms with van der Waals surface area (Å²) in [6.07, 6.45) is 1.11. The number of rotatable bonds is 4. The fourth-order valence-electron chi connectivity index (χ4n) is 2.26. The lowest BCUT2D eigenvalue weighted by atomic mass is 9.90. The molecule has 0 unspecified atom stereocenters. The average Bonchev–Trinajstić information content (AvgIpc) is 2.65. The van der Waals surface area contributed by atoms with Crippen molar-refractivity contribution in [3.63, 3.8) is 0 Å². The maximum Gasteiger partial charge on any atom is 0.299 e. The molecular formula is C15H15FN2O2. The summed E-state index contributed by atoms with van der Waals surface area (Å²) in [4.78, 5) is 24.8. The Balaban J connectivity index is 2.17. The molecule has 0 aromatic heterocycles. The third kappa shape index (κ3) is 2.42. The summed E-state index contributed by atoms with van der Waals surface area (Å²) < 4.78 is 13.8. The van der Waals surface area contributed by atoms with Crippen molar-refractivity contribution in [2.45, 2.75) is 26.7 Å². The van der Waals surface area contributed by atoms with Gasteiger partial charge in [-0.15, -0.1) is 0 Å². The first-order valence-corrected chi connectivity index (χ1v) is 6.43. The lowest BCUT2D eigenvalue weighted by molar-refractivity contribution is -0.114. The smallest absolute Gasteiger partial charge is 0.299 e. The molecule has 2 rings (SSSR count). The van der Waals surface area contributed by atoms with Crippen LogP contribution in [0.15, 0.2) is 18.2 Å². The van der Waals surface area contributed by atoms with E-state index in [0.717, 1.165) is 0 Å². The molecule has 1 aliphatic rings. The van der Waals surface area contributed by atoms with Gasteiger partial charge in [0, 0.05) is 6.54 Å². The van der Waals surface area contributed by atoms with Crippen LogP contribution in [0.4, 0.5) is 10.1 Å². The van der Waals surface area contributed by atoms with Gasteiger partial charge >= 0.3 is 0 Å². The van der Waals surface area contributed by atoms with Crippen LogP contribution in [-0.4, -0.2) is 18.2 Å². The number of carbonyl (C=O) groups is 2. The van der Waals surface area contributed by atoms with Gasteiger partial charge in [-0.2, -0.15) is 5.26 Å². The third-order valence-corrected chi connectivity index (χ3v) is 3.43. The summed E-state index contributed by atoms with van der Waals surface area (Å²) in [6.45, 7) is 3.85. The number of anilines is 1.